The SMILES string of the molecule is C=C(C)CC(NN)c1cnc(C)cn1. The van der Waals surface area contributed by atoms with Crippen molar-refractivity contribution in [2.75, 3.05) is 0 Å². The molecule has 76 valence electrons. The molecule has 0 radical (unpaired) electrons. The number of aromatic nitrogens is 2. The zero-order valence-corrected chi connectivity index (χ0v) is 8.62. The topological polar surface area (TPSA) is 63.8 Å². The average molecular weight is 192 g/mol. The van der Waals surface area contributed by atoms with E-state index in [1.807, 2.05) is 13.8 Å². The summed E-state index contributed by atoms with van der Waals surface area (Å²) in [6.45, 7) is 7.71. The van der Waals surface area contributed by atoms with Gasteiger partial charge in [-0.05, 0) is 20.3 Å². The number of hydrogen-bond acceptors (Lipinski definition) is 4. The fraction of sp³-hybridized carbons (Fsp3) is 0.400. The quantitative estimate of drug-likeness (QED) is 0.428. The second kappa shape index (κ2) is 4.83. The third-order valence-corrected chi connectivity index (χ3v) is 1.91. The highest BCUT2D eigenvalue weighted by atomic mass is 15.2. The van der Waals surface area contributed by atoms with E-state index in [9.17, 15) is 0 Å². The maximum absolute atomic E-state index is 5.43. The monoisotopic (exact) mass is 192 g/mol. The molecule has 14 heavy (non-hydrogen) atoms. The molecule has 0 amide bonds. The average Bonchev–Trinajstić information content (AvgIpc) is 2.15. The summed E-state index contributed by atoms with van der Waals surface area (Å²) in [6, 6.07) is 0.000556. The minimum Gasteiger partial charge on any atom is -0.271 e. The van der Waals surface area contributed by atoms with Gasteiger partial charge in [0.15, 0.2) is 0 Å². The fourth-order valence-electron chi connectivity index (χ4n) is 1.18. The van der Waals surface area contributed by atoms with E-state index in [2.05, 4.69) is 22.0 Å². The molecule has 1 rings (SSSR count). The van der Waals surface area contributed by atoms with Crippen molar-refractivity contribution in [1.29, 1.82) is 0 Å². The van der Waals surface area contributed by atoms with Gasteiger partial charge in [0.25, 0.3) is 0 Å². The van der Waals surface area contributed by atoms with Gasteiger partial charge in [0.05, 0.1) is 23.6 Å². The normalized spacial score (nSPS) is 12.5. The Morgan fingerprint density at radius 2 is 2.29 bits per heavy atom. The van der Waals surface area contributed by atoms with Crippen LogP contribution in [0.4, 0.5) is 0 Å². The van der Waals surface area contributed by atoms with Gasteiger partial charge in [-0.15, -0.1) is 6.58 Å². The Hall–Kier alpha value is -1.26. The van der Waals surface area contributed by atoms with Crippen LogP contribution >= 0.6 is 0 Å². The zero-order chi connectivity index (χ0) is 10.6. The highest BCUT2D eigenvalue weighted by molar-refractivity contribution is 5.09. The van der Waals surface area contributed by atoms with Crippen LogP contribution in [-0.4, -0.2) is 9.97 Å². The van der Waals surface area contributed by atoms with Crippen LogP contribution in [0.25, 0.3) is 0 Å². The lowest BCUT2D eigenvalue weighted by Crippen LogP contribution is -2.29. The standard InChI is InChI=1S/C10H16N4/c1-7(2)4-9(14-11)10-6-12-8(3)5-13-10/h5-6,9,14H,1,4,11H2,2-3H3. The summed E-state index contributed by atoms with van der Waals surface area (Å²) in [4.78, 5) is 8.42. The summed E-state index contributed by atoms with van der Waals surface area (Å²) in [7, 11) is 0. The minimum atomic E-state index is 0.000556. The van der Waals surface area contributed by atoms with Crippen molar-refractivity contribution < 1.29 is 0 Å². The van der Waals surface area contributed by atoms with E-state index in [-0.39, 0.29) is 6.04 Å². The molecule has 4 nitrogen and oxygen atoms in total. The first-order valence-corrected chi connectivity index (χ1v) is 4.52. The van der Waals surface area contributed by atoms with Gasteiger partial charge in [-0.3, -0.25) is 21.2 Å². The predicted molar refractivity (Wildman–Crippen MR) is 56.3 cm³/mol. The molecule has 1 unspecified atom stereocenters. The number of hydrazine groups is 1. The van der Waals surface area contributed by atoms with Crippen molar-refractivity contribution in [1.82, 2.24) is 15.4 Å². The van der Waals surface area contributed by atoms with Crippen LogP contribution in [0.1, 0.15) is 30.8 Å². The first kappa shape index (κ1) is 10.8. The Labute approximate surface area is 84.2 Å². The first-order valence-electron chi connectivity index (χ1n) is 4.52. The van der Waals surface area contributed by atoms with Crippen LogP contribution in [0.5, 0.6) is 0 Å². The van der Waals surface area contributed by atoms with Gasteiger partial charge in [0.1, 0.15) is 0 Å². The lowest BCUT2D eigenvalue weighted by Gasteiger charge is -2.14. The second-order valence-corrected chi connectivity index (χ2v) is 3.46. The molecular formula is C10H16N4. The first-order chi connectivity index (χ1) is 6.63. The van der Waals surface area contributed by atoms with Crippen LogP contribution in [0.2, 0.25) is 0 Å². The summed E-state index contributed by atoms with van der Waals surface area (Å²) < 4.78 is 0. The van der Waals surface area contributed by atoms with Gasteiger partial charge in [0.2, 0.25) is 0 Å². The number of hydrogen-bond donors (Lipinski definition) is 2. The largest absolute Gasteiger partial charge is 0.271 e. The van der Waals surface area contributed by atoms with Gasteiger partial charge in [0, 0.05) is 6.20 Å². The molecule has 0 aliphatic carbocycles. The van der Waals surface area contributed by atoms with Gasteiger partial charge >= 0.3 is 0 Å². The summed E-state index contributed by atoms with van der Waals surface area (Å²) in [5.74, 6) is 5.43. The van der Waals surface area contributed by atoms with Gasteiger partial charge in [-0.2, -0.15) is 0 Å². The van der Waals surface area contributed by atoms with Crippen molar-refractivity contribution in [3.05, 3.63) is 35.9 Å². The Morgan fingerprint density at radius 3 is 2.71 bits per heavy atom. The smallest absolute Gasteiger partial charge is 0.0773 e. The third kappa shape index (κ3) is 2.90. The molecule has 0 aliphatic heterocycles. The van der Waals surface area contributed by atoms with Crippen molar-refractivity contribution >= 4 is 0 Å². The molecule has 0 saturated carbocycles. The number of rotatable bonds is 4. The predicted octanol–water partition coefficient (Wildman–Crippen LogP) is 1.26. The molecule has 0 saturated heterocycles. The third-order valence-electron chi connectivity index (χ3n) is 1.91. The van der Waals surface area contributed by atoms with Gasteiger partial charge in [-0.25, -0.2) is 0 Å². The summed E-state index contributed by atoms with van der Waals surface area (Å²) in [6.07, 6.45) is 4.25. The molecule has 1 aromatic rings. The van der Waals surface area contributed by atoms with E-state index in [0.717, 1.165) is 23.4 Å². The highest BCUT2D eigenvalue weighted by Gasteiger charge is 2.10. The van der Waals surface area contributed by atoms with Crippen LogP contribution in [0, 0.1) is 6.92 Å². The Bertz CT molecular complexity index is 304. The molecular weight excluding hydrogens is 176 g/mol. The minimum absolute atomic E-state index is 0.000556. The van der Waals surface area contributed by atoms with Crippen LogP contribution in [0.15, 0.2) is 24.5 Å². The molecule has 0 aromatic carbocycles. The maximum Gasteiger partial charge on any atom is 0.0773 e. The number of nitrogens with two attached hydrogens (primary N) is 1. The lowest BCUT2D eigenvalue weighted by molar-refractivity contribution is 0.534. The van der Waals surface area contributed by atoms with E-state index in [1.54, 1.807) is 12.4 Å². The lowest BCUT2D eigenvalue weighted by atomic mass is 10.1. The van der Waals surface area contributed by atoms with Gasteiger partial charge in [-0.1, -0.05) is 5.57 Å². The summed E-state index contributed by atoms with van der Waals surface area (Å²) >= 11 is 0. The number of aryl methyl sites for hydroxylation is 1. The molecule has 1 atom stereocenters. The summed E-state index contributed by atoms with van der Waals surface area (Å²) in [5.41, 5.74) is 5.52. The summed E-state index contributed by atoms with van der Waals surface area (Å²) in [5, 5.41) is 0. The molecule has 0 fully saturated rings. The van der Waals surface area contributed by atoms with E-state index < -0.39 is 0 Å². The number of nitrogens with zero attached hydrogens (tertiary/aromatic N) is 2. The van der Waals surface area contributed by atoms with E-state index >= 15 is 0 Å². The molecule has 0 spiro atoms. The van der Waals surface area contributed by atoms with Crippen molar-refractivity contribution in [2.24, 2.45) is 5.84 Å². The van der Waals surface area contributed by atoms with Gasteiger partial charge < -0.3 is 0 Å². The maximum atomic E-state index is 5.43. The van der Waals surface area contributed by atoms with Crippen LogP contribution in [-0.2, 0) is 0 Å². The Kier molecular flexibility index (Phi) is 3.73. The van der Waals surface area contributed by atoms with Crippen molar-refractivity contribution in [2.45, 2.75) is 26.3 Å². The Morgan fingerprint density at radius 1 is 1.57 bits per heavy atom. The van der Waals surface area contributed by atoms with E-state index in [4.69, 9.17) is 5.84 Å². The molecule has 3 N–H and O–H groups in total. The highest BCUT2D eigenvalue weighted by Crippen LogP contribution is 2.16. The fourth-order valence-corrected chi connectivity index (χ4v) is 1.18. The molecule has 1 heterocycles. The second-order valence-electron chi connectivity index (χ2n) is 3.46. The molecule has 1 aromatic heterocycles. The van der Waals surface area contributed by atoms with E-state index in [1.165, 1.54) is 0 Å². The number of nitrogens with one attached hydrogen (secondary N) is 1. The van der Waals surface area contributed by atoms with Crippen LogP contribution in [0.3, 0.4) is 0 Å². The van der Waals surface area contributed by atoms with Crippen molar-refractivity contribution in [3.63, 3.8) is 0 Å². The molecule has 0 aliphatic rings. The Balaban J connectivity index is 2.78. The zero-order valence-electron chi connectivity index (χ0n) is 8.62. The molecule has 4 heteroatoms. The van der Waals surface area contributed by atoms with E-state index in [0.29, 0.717) is 0 Å². The van der Waals surface area contributed by atoms with Crippen LogP contribution < -0.4 is 11.3 Å². The van der Waals surface area contributed by atoms with Crippen molar-refractivity contribution in [3.8, 4) is 0 Å². The molecule has 0 bridgehead atoms.